The zero-order valence-electron chi connectivity index (χ0n) is 21.2. The zero-order chi connectivity index (χ0) is 26.9. The van der Waals surface area contributed by atoms with E-state index in [4.69, 9.17) is 0 Å². The summed E-state index contributed by atoms with van der Waals surface area (Å²) in [7, 11) is 0. The summed E-state index contributed by atoms with van der Waals surface area (Å²) in [6.07, 6.45) is 3.02. The third-order valence-electron chi connectivity index (χ3n) is 6.29. The predicted octanol–water partition coefficient (Wildman–Crippen LogP) is 5.39. The molecule has 2 heterocycles. The third-order valence-corrected chi connectivity index (χ3v) is 6.29. The second-order valence-electron chi connectivity index (χ2n) is 9.28. The summed E-state index contributed by atoms with van der Waals surface area (Å²) in [6, 6.07) is 11.6. The second kappa shape index (κ2) is 10.3. The quantitative estimate of drug-likeness (QED) is 0.297. The number of benzene rings is 2. The van der Waals surface area contributed by atoms with Crippen molar-refractivity contribution < 1.29 is 14.0 Å². The van der Waals surface area contributed by atoms with Crippen molar-refractivity contribution in [1.29, 1.82) is 0 Å². The Bertz CT molecular complexity index is 1600. The minimum Gasteiger partial charge on any atom is -0.348 e. The first kappa shape index (κ1) is 25.6. The van der Waals surface area contributed by atoms with Crippen molar-refractivity contribution in [2.24, 2.45) is 0 Å². The fourth-order valence-corrected chi connectivity index (χ4v) is 4.48. The largest absolute Gasteiger partial charge is 0.348 e. The number of nitrogens with zero attached hydrogens (tertiary/aromatic N) is 1. The summed E-state index contributed by atoms with van der Waals surface area (Å²) in [5.41, 5.74) is 4.44. The van der Waals surface area contributed by atoms with Crippen LogP contribution in [0.4, 0.5) is 10.1 Å². The fraction of sp³-hybridized carbons (Fsp3) is 0.207. The first-order valence-corrected chi connectivity index (χ1v) is 11.9. The van der Waals surface area contributed by atoms with Crippen LogP contribution in [0.15, 0.2) is 66.1 Å². The Morgan fingerprint density at radius 2 is 1.89 bits per heavy atom. The maximum atomic E-state index is 14.1. The fourth-order valence-electron chi connectivity index (χ4n) is 4.48. The maximum Gasteiger partial charge on any atom is 0.253 e. The number of pyridine rings is 1. The van der Waals surface area contributed by atoms with Crippen LogP contribution in [0.5, 0.6) is 0 Å². The van der Waals surface area contributed by atoms with Gasteiger partial charge in [0.2, 0.25) is 5.91 Å². The van der Waals surface area contributed by atoms with E-state index in [0.717, 1.165) is 28.2 Å². The number of fused-ring (bicyclic) bond motifs is 1. The minimum atomic E-state index is -0.508. The molecule has 190 valence electrons. The molecule has 0 saturated heterocycles. The van der Waals surface area contributed by atoms with Gasteiger partial charge in [-0.1, -0.05) is 6.58 Å². The summed E-state index contributed by atoms with van der Waals surface area (Å²) >= 11 is 0. The van der Waals surface area contributed by atoms with Crippen LogP contribution in [0, 0.1) is 19.7 Å². The van der Waals surface area contributed by atoms with E-state index in [1.807, 2.05) is 49.7 Å². The molecule has 0 radical (unpaired) electrons. The lowest BCUT2D eigenvalue weighted by molar-refractivity contribution is -0.111. The Morgan fingerprint density at radius 3 is 2.57 bits per heavy atom. The normalized spacial score (nSPS) is 11.1. The molecule has 0 saturated carbocycles. The van der Waals surface area contributed by atoms with Gasteiger partial charge in [-0.2, -0.15) is 0 Å². The standard InChI is InChI=1S/C29H29FN4O3/c1-6-27(35)33-25-14-20(30)7-8-21(25)19-12-23(22-9-10-34(16(2)3)26(22)13-19)28(36)31-15-24-17(4)11-18(5)32-29(24)37/h6-14,16H,1,15H2,2-5H3,(H,31,36)(H,32,37)(H,33,35). The van der Waals surface area contributed by atoms with E-state index >= 15 is 0 Å². The van der Waals surface area contributed by atoms with E-state index in [1.165, 1.54) is 12.1 Å². The zero-order valence-corrected chi connectivity index (χ0v) is 21.2. The molecule has 4 rings (SSSR count). The molecule has 0 unspecified atom stereocenters. The molecule has 0 fully saturated rings. The molecule has 4 aromatic rings. The molecular formula is C29H29FN4O3. The van der Waals surface area contributed by atoms with Gasteiger partial charge in [-0.05, 0) is 87.4 Å². The summed E-state index contributed by atoms with van der Waals surface area (Å²) < 4.78 is 16.1. The number of halogens is 1. The molecule has 0 spiro atoms. The van der Waals surface area contributed by atoms with E-state index in [2.05, 4.69) is 22.2 Å². The highest BCUT2D eigenvalue weighted by Crippen LogP contribution is 2.34. The van der Waals surface area contributed by atoms with Crippen molar-refractivity contribution in [1.82, 2.24) is 14.9 Å². The molecule has 2 amide bonds. The van der Waals surface area contributed by atoms with Gasteiger partial charge in [0, 0.05) is 52.1 Å². The number of rotatable bonds is 7. The van der Waals surface area contributed by atoms with Gasteiger partial charge in [0.15, 0.2) is 0 Å². The molecule has 8 heteroatoms. The van der Waals surface area contributed by atoms with Crippen LogP contribution < -0.4 is 16.2 Å². The third kappa shape index (κ3) is 5.23. The van der Waals surface area contributed by atoms with Gasteiger partial charge < -0.3 is 20.2 Å². The summed E-state index contributed by atoms with van der Waals surface area (Å²) in [4.78, 5) is 40.7. The van der Waals surface area contributed by atoms with Crippen LogP contribution in [-0.2, 0) is 11.3 Å². The molecule has 3 N–H and O–H groups in total. The average Bonchev–Trinajstić information content (AvgIpc) is 3.27. The molecule has 37 heavy (non-hydrogen) atoms. The number of amides is 2. The first-order chi connectivity index (χ1) is 17.6. The minimum absolute atomic E-state index is 0.0636. The van der Waals surface area contributed by atoms with E-state index in [9.17, 15) is 18.8 Å². The van der Waals surface area contributed by atoms with Crippen molar-refractivity contribution >= 4 is 28.4 Å². The summed E-state index contributed by atoms with van der Waals surface area (Å²) in [5.74, 6) is -1.34. The Morgan fingerprint density at radius 1 is 1.14 bits per heavy atom. The number of hydrogen-bond acceptors (Lipinski definition) is 3. The highest BCUT2D eigenvalue weighted by Gasteiger charge is 2.19. The number of aryl methyl sites for hydroxylation is 2. The Hall–Kier alpha value is -4.46. The highest BCUT2D eigenvalue weighted by atomic mass is 19.1. The van der Waals surface area contributed by atoms with Gasteiger partial charge in [0.25, 0.3) is 11.5 Å². The number of nitrogens with one attached hydrogen (secondary N) is 3. The van der Waals surface area contributed by atoms with Gasteiger partial charge in [0.05, 0.1) is 5.69 Å². The maximum absolute atomic E-state index is 14.1. The molecule has 0 aliphatic rings. The van der Waals surface area contributed by atoms with Crippen molar-refractivity contribution in [2.75, 3.05) is 5.32 Å². The van der Waals surface area contributed by atoms with Crippen molar-refractivity contribution in [3.05, 3.63) is 99.9 Å². The van der Waals surface area contributed by atoms with Crippen molar-refractivity contribution in [3.8, 4) is 11.1 Å². The van der Waals surface area contributed by atoms with Crippen LogP contribution in [0.2, 0.25) is 0 Å². The SMILES string of the molecule is C=CC(=O)Nc1cc(F)ccc1-c1cc(C(=O)NCc2c(C)cc(C)[nH]c2=O)c2ccn(C(C)C)c2c1. The second-order valence-corrected chi connectivity index (χ2v) is 9.28. The summed E-state index contributed by atoms with van der Waals surface area (Å²) in [5, 5.41) is 6.27. The Kier molecular flexibility index (Phi) is 7.11. The molecule has 2 aromatic carbocycles. The van der Waals surface area contributed by atoms with Crippen LogP contribution in [0.3, 0.4) is 0 Å². The molecule has 7 nitrogen and oxygen atoms in total. The highest BCUT2D eigenvalue weighted by molar-refractivity contribution is 6.09. The molecule has 0 atom stereocenters. The van der Waals surface area contributed by atoms with Crippen LogP contribution in [0.25, 0.3) is 22.0 Å². The number of aromatic nitrogens is 2. The molecule has 0 aliphatic carbocycles. The number of carbonyl (C=O) groups excluding carboxylic acids is 2. The molecule has 2 aromatic heterocycles. The number of hydrogen-bond donors (Lipinski definition) is 3. The topological polar surface area (TPSA) is 96.0 Å². The summed E-state index contributed by atoms with van der Waals surface area (Å²) in [6.45, 7) is 11.2. The molecule has 0 bridgehead atoms. The van der Waals surface area contributed by atoms with Crippen LogP contribution in [-0.4, -0.2) is 21.4 Å². The first-order valence-electron chi connectivity index (χ1n) is 11.9. The van der Waals surface area contributed by atoms with Gasteiger partial charge in [-0.15, -0.1) is 0 Å². The number of aromatic amines is 1. The lowest BCUT2D eigenvalue weighted by Gasteiger charge is -2.16. The monoisotopic (exact) mass is 500 g/mol. The van der Waals surface area contributed by atoms with E-state index in [0.29, 0.717) is 22.3 Å². The Balaban J connectivity index is 1.82. The lowest BCUT2D eigenvalue weighted by Crippen LogP contribution is -2.28. The van der Waals surface area contributed by atoms with Gasteiger partial charge >= 0.3 is 0 Å². The Labute approximate surface area is 214 Å². The number of anilines is 1. The van der Waals surface area contributed by atoms with Gasteiger partial charge in [0.1, 0.15) is 5.82 Å². The van der Waals surface area contributed by atoms with Crippen molar-refractivity contribution in [2.45, 2.75) is 40.3 Å². The molecule has 0 aliphatic heterocycles. The van der Waals surface area contributed by atoms with Gasteiger partial charge in [-0.3, -0.25) is 14.4 Å². The van der Waals surface area contributed by atoms with E-state index in [1.54, 1.807) is 19.1 Å². The number of carbonyl (C=O) groups is 2. The van der Waals surface area contributed by atoms with Crippen LogP contribution in [0.1, 0.15) is 47.1 Å². The van der Waals surface area contributed by atoms with Gasteiger partial charge in [-0.25, -0.2) is 4.39 Å². The smallest absolute Gasteiger partial charge is 0.253 e. The van der Waals surface area contributed by atoms with Crippen LogP contribution >= 0.6 is 0 Å². The average molecular weight is 501 g/mol. The van der Waals surface area contributed by atoms with E-state index < -0.39 is 11.7 Å². The van der Waals surface area contributed by atoms with E-state index in [-0.39, 0.29) is 29.7 Å². The molecular weight excluding hydrogens is 471 g/mol. The lowest BCUT2D eigenvalue weighted by atomic mass is 9.98. The van der Waals surface area contributed by atoms with Crippen molar-refractivity contribution in [3.63, 3.8) is 0 Å². The number of H-pyrrole nitrogens is 1. The predicted molar refractivity (Wildman–Crippen MR) is 144 cm³/mol.